The predicted octanol–water partition coefficient (Wildman–Crippen LogP) is 8.87. The van der Waals surface area contributed by atoms with Crippen molar-refractivity contribution in [1.29, 1.82) is 0 Å². The zero-order chi connectivity index (χ0) is 39.4. The summed E-state index contributed by atoms with van der Waals surface area (Å²) in [5.41, 5.74) is 10.0. The topological polar surface area (TPSA) is 142 Å². The number of hydrogen-bond acceptors (Lipinski definition) is 13. The lowest BCUT2D eigenvalue weighted by Gasteiger charge is -2.36. The van der Waals surface area contributed by atoms with E-state index in [1.807, 2.05) is 102 Å². The number of nitrogens with zero attached hydrogens (tertiary/aromatic N) is 9. The van der Waals surface area contributed by atoms with E-state index in [0.29, 0.717) is 36.0 Å². The molecule has 1 aliphatic heterocycles. The monoisotopic (exact) mass is 754 g/mol. The molecule has 7 aromatic rings. The maximum atomic E-state index is 5.71. The van der Waals surface area contributed by atoms with Gasteiger partial charge in [0.1, 0.15) is 18.2 Å². The number of benzene rings is 5. The Labute approximate surface area is 331 Å². The van der Waals surface area contributed by atoms with Crippen LogP contribution in [0.3, 0.4) is 0 Å². The molecule has 8 rings (SSSR count). The number of allylic oxidation sites excluding steroid dienone is 2. The molecule has 0 fully saturated rings. The molecule has 0 unspecified atom stereocenters. The normalized spacial score (nSPS) is 12.4. The SMILES string of the molecule is C/C=C(/C)c1ccc(C2=NN(c3ccccc3)CN(c3ccccc3)N2)cc1.CNc1nc(Nc2nc(C)nc(Oc3ccccc3)n2)nc(-c2ccccc2)n1. The second-order valence-corrected chi connectivity index (χ2v) is 12.7. The molecule has 3 N–H and O–H groups in total. The van der Waals surface area contributed by atoms with Crippen LogP contribution in [0.1, 0.15) is 30.8 Å². The van der Waals surface area contributed by atoms with Crippen molar-refractivity contribution >= 4 is 40.6 Å². The van der Waals surface area contributed by atoms with Gasteiger partial charge in [-0.2, -0.15) is 35.0 Å². The molecule has 0 atom stereocenters. The Morgan fingerprint density at radius 3 is 1.89 bits per heavy atom. The first-order chi connectivity index (χ1) is 27.9. The third-order valence-electron chi connectivity index (χ3n) is 8.70. The van der Waals surface area contributed by atoms with Crippen LogP contribution in [0.4, 0.5) is 29.2 Å². The van der Waals surface area contributed by atoms with Crippen molar-refractivity contribution in [3.05, 3.63) is 169 Å². The lowest BCUT2D eigenvalue weighted by Crippen LogP contribution is -2.53. The third kappa shape index (κ3) is 9.91. The summed E-state index contributed by atoms with van der Waals surface area (Å²) >= 11 is 0. The molecule has 5 aromatic carbocycles. The van der Waals surface area contributed by atoms with Gasteiger partial charge in [-0.1, -0.05) is 115 Å². The number of para-hydroxylation sites is 3. The number of hydrogen-bond donors (Lipinski definition) is 3. The van der Waals surface area contributed by atoms with Gasteiger partial charge in [0.15, 0.2) is 11.7 Å². The minimum absolute atomic E-state index is 0.178. The highest BCUT2D eigenvalue weighted by molar-refractivity contribution is 6.01. The van der Waals surface area contributed by atoms with Gasteiger partial charge < -0.3 is 10.1 Å². The summed E-state index contributed by atoms with van der Waals surface area (Å²) in [6.07, 6.45) is 2.12. The van der Waals surface area contributed by atoms with Gasteiger partial charge >= 0.3 is 6.01 Å². The first-order valence-electron chi connectivity index (χ1n) is 18.4. The Bertz CT molecular complexity index is 2430. The Hall–Kier alpha value is -7.67. The van der Waals surface area contributed by atoms with E-state index < -0.39 is 0 Å². The molecular formula is C44H42N12O. The van der Waals surface area contributed by atoms with Gasteiger partial charge in [0.25, 0.3) is 0 Å². The average molecular weight is 755 g/mol. The van der Waals surface area contributed by atoms with Crippen LogP contribution in [0, 0.1) is 6.92 Å². The molecule has 2 aromatic heterocycles. The molecule has 1 aliphatic rings. The number of aromatic nitrogens is 6. The molecule has 0 spiro atoms. The molecule has 0 radical (unpaired) electrons. The van der Waals surface area contributed by atoms with Crippen molar-refractivity contribution in [2.45, 2.75) is 20.8 Å². The Kier molecular flexibility index (Phi) is 12.0. The van der Waals surface area contributed by atoms with Crippen LogP contribution in [0.5, 0.6) is 11.8 Å². The first kappa shape index (κ1) is 37.6. The highest BCUT2D eigenvalue weighted by atomic mass is 16.5. The summed E-state index contributed by atoms with van der Waals surface area (Å²) in [5.74, 6) is 3.48. The number of ether oxygens (including phenoxy) is 1. The molecule has 0 saturated heterocycles. The number of amidine groups is 1. The van der Waals surface area contributed by atoms with Crippen molar-refractivity contribution in [1.82, 2.24) is 35.3 Å². The smallest absolute Gasteiger partial charge is 0.327 e. The second-order valence-electron chi connectivity index (χ2n) is 12.7. The maximum Gasteiger partial charge on any atom is 0.327 e. The number of hydrazine groups is 1. The second kappa shape index (κ2) is 18.1. The molecule has 0 bridgehead atoms. The van der Waals surface area contributed by atoms with E-state index in [0.717, 1.165) is 28.3 Å². The van der Waals surface area contributed by atoms with Gasteiger partial charge in [-0.15, -0.1) is 0 Å². The van der Waals surface area contributed by atoms with Crippen LogP contribution >= 0.6 is 0 Å². The van der Waals surface area contributed by atoms with Gasteiger partial charge in [-0.05, 0) is 68.3 Å². The van der Waals surface area contributed by atoms with E-state index >= 15 is 0 Å². The fourth-order valence-electron chi connectivity index (χ4n) is 5.66. The number of nitrogens with one attached hydrogen (secondary N) is 3. The Morgan fingerprint density at radius 1 is 0.649 bits per heavy atom. The summed E-state index contributed by atoms with van der Waals surface area (Å²) in [5, 5.41) is 15.0. The summed E-state index contributed by atoms with van der Waals surface area (Å²) in [6, 6.07) is 48.2. The number of anilines is 5. The molecule has 0 amide bonds. The average Bonchev–Trinajstić information content (AvgIpc) is 3.27. The molecule has 13 nitrogen and oxygen atoms in total. The summed E-state index contributed by atoms with van der Waals surface area (Å²) in [4.78, 5) is 26.0. The number of rotatable bonds is 10. The van der Waals surface area contributed by atoms with Crippen LogP contribution in [-0.4, -0.2) is 49.5 Å². The summed E-state index contributed by atoms with van der Waals surface area (Å²) in [7, 11) is 1.74. The molecule has 13 heteroatoms. The van der Waals surface area contributed by atoms with Crippen molar-refractivity contribution < 1.29 is 4.74 Å². The maximum absolute atomic E-state index is 5.71. The summed E-state index contributed by atoms with van der Waals surface area (Å²) in [6.45, 7) is 6.56. The Balaban J connectivity index is 0.000000174. The van der Waals surface area contributed by atoms with Gasteiger partial charge in [0, 0.05) is 18.2 Å². The lowest BCUT2D eigenvalue weighted by atomic mass is 10.0. The van der Waals surface area contributed by atoms with Crippen LogP contribution < -0.4 is 30.8 Å². The van der Waals surface area contributed by atoms with E-state index in [9.17, 15) is 0 Å². The van der Waals surface area contributed by atoms with Gasteiger partial charge in [-0.25, -0.2) is 5.01 Å². The molecule has 0 aliphatic carbocycles. The predicted molar refractivity (Wildman–Crippen MR) is 227 cm³/mol. The van der Waals surface area contributed by atoms with Gasteiger partial charge in [-0.3, -0.25) is 15.8 Å². The number of aryl methyl sites for hydroxylation is 1. The van der Waals surface area contributed by atoms with Gasteiger partial charge in [0.05, 0.1) is 11.4 Å². The van der Waals surface area contributed by atoms with Crippen molar-refractivity contribution in [2.24, 2.45) is 5.10 Å². The largest absolute Gasteiger partial charge is 0.424 e. The van der Waals surface area contributed by atoms with E-state index in [1.165, 1.54) is 11.1 Å². The lowest BCUT2D eigenvalue weighted by molar-refractivity contribution is 0.438. The fraction of sp³-hybridized carbons (Fsp3) is 0.114. The zero-order valence-electron chi connectivity index (χ0n) is 32.1. The van der Waals surface area contributed by atoms with Crippen LogP contribution in [0.25, 0.3) is 17.0 Å². The minimum Gasteiger partial charge on any atom is -0.424 e. The van der Waals surface area contributed by atoms with Crippen molar-refractivity contribution in [3.63, 3.8) is 0 Å². The van der Waals surface area contributed by atoms with E-state index in [4.69, 9.17) is 9.84 Å². The van der Waals surface area contributed by atoms with Gasteiger partial charge in [0.2, 0.25) is 17.8 Å². The standard InChI is InChI=1S/C24H24N4.C20H18N8O/c1-3-19(2)20-14-16-21(17-15-20)24-25-27(22-10-6-4-7-11-22)18-28(26-24)23-12-8-5-9-13-23;1-13-22-18(28-20(23-13)29-15-11-7-4-8-12-15)27-19-25-16(24-17(21-2)26-19)14-9-5-3-6-10-14/h3-17H,18H2,1-2H3,(H,25,26);3-12H,1-2H3,(H2,21,22,23,24,25,26,27,28)/b19-3-;. The fourth-order valence-corrected chi connectivity index (χ4v) is 5.66. The van der Waals surface area contributed by atoms with Crippen molar-refractivity contribution in [3.8, 4) is 23.1 Å². The highest BCUT2D eigenvalue weighted by Gasteiger charge is 2.21. The van der Waals surface area contributed by atoms with E-state index in [2.05, 4.69) is 119 Å². The van der Waals surface area contributed by atoms with Crippen molar-refractivity contribution in [2.75, 3.05) is 34.4 Å². The number of hydrazone groups is 1. The molecular weight excluding hydrogens is 713 g/mol. The highest BCUT2D eigenvalue weighted by Crippen LogP contribution is 2.24. The van der Waals surface area contributed by atoms with Crippen LogP contribution in [0.15, 0.2) is 157 Å². The third-order valence-corrected chi connectivity index (χ3v) is 8.70. The molecule has 57 heavy (non-hydrogen) atoms. The quantitative estimate of drug-likeness (QED) is 0.123. The summed E-state index contributed by atoms with van der Waals surface area (Å²) < 4.78 is 5.71. The first-order valence-corrected chi connectivity index (χ1v) is 18.4. The van der Waals surface area contributed by atoms with Crippen LogP contribution in [-0.2, 0) is 0 Å². The molecule has 0 saturated carbocycles. The zero-order valence-corrected chi connectivity index (χ0v) is 32.1. The molecule has 3 heterocycles. The minimum atomic E-state index is 0.178. The van der Waals surface area contributed by atoms with E-state index in [1.54, 1.807) is 14.0 Å². The molecule has 284 valence electrons. The van der Waals surface area contributed by atoms with Crippen LogP contribution in [0.2, 0.25) is 0 Å². The Morgan fingerprint density at radius 2 is 1.25 bits per heavy atom. The van der Waals surface area contributed by atoms with E-state index in [-0.39, 0.29) is 12.0 Å².